The number of benzene rings is 2. The lowest BCUT2D eigenvalue weighted by Crippen LogP contribution is -2.22. The number of ether oxygens (including phenoxy) is 2. The van der Waals surface area contributed by atoms with Gasteiger partial charge in [0.1, 0.15) is 5.75 Å². The number of hydrogen-bond acceptors (Lipinski definition) is 5. The van der Waals surface area contributed by atoms with Crippen molar-refractivity contribution in [2.24, 2.45) is 0 Å². The van der Waals surface area contributed by atoms with Gasteiger partial charge in [0.05, 0.1) is 13.5 Å². The van der Waals surface area contributed by atoms with E-state index in [0.29, 0.717) is 17.1 Å². The van der Waals surface area contributed by atoms with Gasteiger partial charge < -0.3 is 20.1 Å². The monoisotopic (exact) mass is 462 g/mol. The normalized spacial score (nSPS) is 10.2. The van der Waals surface area contributed by atoms with Crippen molar-refractivity contribution in [3.8, 4) is 5.75 Å². The van der Waals surface area contributed by atoms with Crippen LogP contribution in [0.1, 0.15) is 24.0 Å². The average molecular weight is 463 g/mol. The predicted molar refractivity (Wildman–Crippen MR) is 114 cm³/mol. The van der Waals surface area contributed by atoms with Crippen LogP contribution in [0.25, 0.3) is 0 Å². The van der Waals surface area contributed by atoms with Gasteiger partial charge in [-0.15, -0.1) is 0 Å². The minimum absolute atomic E-state index is 0.0441. The van der Waals surface area contributed by atoms with Crippen LogP contribution in [0.2, 0.25) is 0 Å². The molecule has 0 saturated carbocycles. The number of amides is 2. The fourth-order valence-corrected chi connectivity index (χ4v) is 2.78. The first kappa shape index (κ1) is 22.4. The number of methoxy groups -OCH3 is 1. The van der Waals surface area contributed by atoms with Crippen molar-refractivity contribution in [3.05, 3.63) is 52.0 Å². The van der Waals surface area contributed by atoms with Gasteiger partial charge in [0.25, 0.3) is 5.91 Å². The minimum atomic E-state index is -0.617. The Morgan fingerprint density at radius 1 is 0.897 bits per heavy atom. The predicted octanol–water partition coefficient (Wildman–Crippen LogP) is 3.98. The summed E-state index contributed by atoms with van der Waals surface area (Å²) in [7, 11) is 1.56. The highest BCUT2D eigenvalue weighted by Crippen LogP contribution is 2.25. The van der Waals surface area contributed by atoms with Gasteiger partial charge in [0.15, 0.2) is 6.61 Å². The third-order valence-electron chi connectivity index (χ3n) is 4.01. The SMILES string of the molecule is COc1ccc(NC(=O)CCC(=O)OCC(=O)Nc2cc(C)c(Br)c(C)c2)cc1. The molecule has 0 bridgehead atoms. The molecule has 0 saturated heterocycles. The molecule has 0 aromatic heterocycles. The maximum absolute atomic E-state index is 12.0. The van der Waals surface area contributed by atoms with Crippen LogP contribution in [0.5, 0.6) is 5.75 Å². The molecule has 2 N–H and O–H groups in total. The van der Waals surface area contributed by atoms with Crippen LogP contribution < -0.4 is 15.4 Å². The lowest BCUT2D eigenvalue weighted by molar-refractivity contribution is -0.147. The third-order valence-corrected chi connectivity index (χ3v) is 5.27. The third kappa shape index (κ3) is 7.23. The molecule has 0 aliphatic carbocycles. The van der Waals surface area contributed by atoms with Crippen molar-refractivity contribution < 1.29 is 23.9 Å². The van der Waals surface area contributed by atoms with Crippen molar-refractivity contribution in [2.75, 3.05) is 24.4 Å². The molecule has 8 heteroatoms. The van der Waals surface area contributed by atoms with E-state index in [1.165, 1.54) is 0 Å². The van der Waals surface area contributed by atoms with E-state index in [-0.39, 0.29) is 18.7 Å². The number of carbonyl (C=O) groups is 3. The van der Waals surface area contributed by atoms with Gasteiger partial charge in [0.2, 0.25) is 5.91 Å². The maximum atomic E-state index is 12.0. The van der Waals surface area contributed by atoms with E-state index in [0.717, 1.165) is 15.6 Å². The summed E-state index contributed by atoms with van der Waals surface area (Å²) >= 11 is 3.47. The lowest BCUT2D eigenvalue weighted by atomic mass is 10.1. The maximum Gasteiger partial charge on any atom is 0.306 e. The summed E-state index contributed by atoms with van der Waals surface area (Å²) in [6.07, 6.45) is -0.163. The van der Waals surface area contributed by atoms with E-state index in [9.17, 15) is 14.4 Å². The topological polar surface area (TPSA) is 93.7 Å². The van der Waals surface area contributed by atoms with E-state index in [4.69, 9.17) is 9.47 Å². The molecule has 154 valence electrons. The molecule has 2 aromatic rings. The summed E-state index contributed by atoms with van der Waals surface area (Å²) in [6.45, 7) is 3.43. The number of anilines is 2. The van der Waals surface area contributed by atoms with Crippen LogP contribution >= 0.6 is 15.9 Å². The molecule has 7 nitrogen and oxygen atoms in total. The zero-order valence-electron chi connectivity index (χ0n) is 16.5. The highest BCUT2D eigenvalue weighted by atomic mass is 79.9. The van der Waals surface area contributed by atoms with E-state index < -0.39 is 18.5 Å². The molecule has 2 aromatic carbocycles. The molecule has 0 aliphatic rings. The van der Waals surface area contributed by atoms with E-state index >= 15 is 0 Å². The van der Waals surface area contributed by atoms with Gasteiger partial charge in [-0.2, -0.15) is 0 Å². The molecule has 0 unspecified atom stereocenters. The molecule has 0 spiro atoms. The fourth-order valence-electron chi connectivity index (χ4n) is 2.55. The number of halogens is 1. The second-order valence-corrected chi connectivity index (χ2v) is 7.20. The standard InChI is InChI=1S/C21H23BrN2O5/c1-13-10-16(11-14(2)21(13)22)24-19(26)12-29-20(27)9-8-18(25)23-15-4-6-17(28-3)7-5-15/h4-7,10-11H,8-9,12H2,1-3H3,(H,23,25)(H,24,26). The summed E-state index contributed by atoms with van der Waals surface area (Å²) in [6, 6.07) is 10.5. The minimum Gasteiger partial charge on any atom is -0.497 e. The van der Waals surface area contributed by atoms with Crippen LogP contribution in [0.15, 0.2) is 40.9 Å². The van der Waals surface area contributed by atoms with Crippen molar-refractivity contribution in [3.63, 3.8) is 0 Å². The van der Waals surface area contributed by atoms with Gasteiger partial charge in [-0.05, 0) is 61.4 Å². The van der Waals surface area contributed by atoms with Crippen molar-refractivity contribution in [1.29, 1.82) is 0 Å². The van der Waals surface area contributed by atoms with E-state index in [1.54, 1.807) is 31.4 Å². The van der Waals surface area contributed by atoms with Crippen LogP contribution in [-0.2, 0) is 19.1 Å². The summed E-state index contributed by atoms with van der Waals surface area (Å²) in [5.74, 6) is -0.703. The van der Waals surface area contributed by atoms with Gasteiger partial charge in [-0.3, -0.25) is 14.4 Å². The van der Waals surface area contributed by atoms with E-state index in [2.05, 4.69) is 26.6 Å². The molecular formula is C21H23BrN2O5. The number of hydrogen-bond donors (Lipinski definition) is 2. The van der Waals surface area contributed by atoms with Gasteiger partial charge in [0, 0.05) is 22.3 Å². The van der Waals surface area contributed by atoms with Crippen LogP contribution in [-0.4, -0.2) is 31.5 Å². The molecule has 0 fully saturated rings. The van der Waals surface area contributed by atoms with Crippen molar-refractivity contribution in [2.45, 2.75) is 26.7 Å². The van der Waals surface area contributed by atoms with Crippen LogP contribution in [0.3, 0.4) is 0 Å². The largest absolute Gasteiger partial charge is 0.497 e. The van der Waals surface area contributed by atoms with Crippen LogP contribution in [0.4, 0.5) is 11.4 Å². The zero-order valence-corrected chi connectivity index (χ0v) is 18.1. The van der Waals surface area contributed by atoms with Gasteiger partial charge >= 0.3 is 5.97 Å². The van der Waals surface area contributed by atoms with Gasteiger partial charge in [-0.1, -0.05) is 15.9 Å². The number of rotatable bonds is 8. The van der Waals surface area contributed by atoms with Crippen LogP contribution in [0, 0.1) is 13.8 Å². The Hall–Kier alpha value is -2.87. The highest BCUT2D eigenvalue weighted by Gasteiger charge is 2.12. The summed E-state index contributed by atoms with van der Waals surface area (Å²) in [5, 5.41) is 5.36. The van der Waals surface area contributed by atoms with Gasteiger partial charge in [-0.25, -0.2) is 0 Å². The number of carbonyl (C=O) groups excluding carboxylic acids is 3. The first-order valence-corrected chi connectivity index (χ1v) is 9.74. The molecular weight excluding hydrogens is 440 g/mol. The smallest absolute Gasteiger partial charge is 0.306 e. The quantitative estimate of drug-likeness (QED) is 0.578. The van der Waals surface area contributed by atoms with Crippen molar-refractivity contribution in [1.82, 2.24) is 0 Å². The Morgan fingerprint density at radius 2 is 1.48 bits per heavy atom. The highest BCUT2D eigenvalue weighted by molar-refractivity contribution is 9.10. The molecule has 0 aliphatic heterocycles. The molecule has 0 atom stereocenters. The Kier molecular flexibility index (Phi) is 8.21. The lowest BCUT2D eigenvalue weighted by Gasteiger charge is -2.10. The molecule has 2 rings (SSSR count). The average Bonchev–Trinajstić information content (AvgIpc) is 2.69. The van der Waals surface area contributed by atoms with E-state index in [1.807, 2.05) is 26.0 Å². The zero-order chi connectivity index (χ0) is 21.4. The molecule has 2 amide bonds. The summed E-state index contributed by atoms with van der Waals surface area (Å²) < 4.78 is 11.0. The Labute approximate surface area is 177 Å². The summed E-state index contributed by atoms with van der Waals surface area (Å²) in [5.41, 5.74) is 3.20. The second-order valence-electron chi connectivity index (χ2n) is 6.41. The summed E-state index contributed by atoms with van der Waals surface area (Å²) in [4.78, 5) is 35.7. The van der Waals surface area contributed by atoms with Crippen molar-refractivity contribution >= 4 is 45.1 Å². The molecule has 29 heavy (non-hydrogen) atoms. The first-order valence-electron chi connectivity index (χ1n) is 8.94. The Balaban J connectivity index is 1.72. The second kappa shape index (κ2) is 10.6. The Bertz CT molecular complexity index is 873. The number of aryl methyl sites for hydroxylation is 2. The molecule has 0 heterocycles. The first-order chi connectivity index (χ1) is 13.8. The fraction of sp³-hybridized carbons (Fsp3) is 0.286. The number of esters is 1. The number of nitrogens with one attached hydrogen (secondary N) is 2. The Morgan fingerprint density at radius 3 is 2.07 bits per heavy atom. The molecule has 0 radical (unpaired) electrons.